The number of nitrogens with one attached hydrogen (secondary N) is 1. The first-order chi connectivity index (χ1) is 11.5. The highest BCUT2D eigenvalue weighted by atomic mass is 16.4. The molecule has 0 aromatic heterocycles. The molecule has 3 N–H and O–H groups in total. The van der Waals surface area contributed by atoms with E-state index in [1.54, 1.807) is 12.1 Å². The van der Waals surface area contributed by atoms with Crippen LogP contribution in [0.5, 0.6) is 5.75 Å². The van der Waals surface area contributed by atoms with Gasteiger partial charge in [-0.2, -0.15) is 0 Å². The summed E-state index contributed by atoms with van der Waals surface area (Å²) < 4.78 is 0. The molecule has 24 heavy (non-hydrogen) atoms. The van der Waals surface area contributed by atoms with Crippen LogP contribution in [-0.2, 0) is 22.4 Å². The molecule has 0 saturated heterocycles. The Kier molecular flexibility index (Phi) is 6.37. The van der Waals surface area contributed by atoms with Crippen LogP contribution < -0.4 is 5.32 Å². The Morgan fingerprint density at radius 3 is 2.25 bits per heavy atom. The van der Waals surface area contributed by atoms with Crippen molar-refractivity contribution >= 4 is 11.9 Å². The number of carboxylic acid groups (broad SMARTS) is 1. The fourth-order valence-corrected chi connectivity index (χ4v) is 2.50. The molecule has 5 nitrogen and oxygen atoms in total. The fraction of sp³-hybridized carbons (Fsp3) is 0.263. The molecule has 1 unspecified atom stereocenters. The smallest absolute Gasteiger partial charge is 0.303 e. The van der Waals surface area contributed by atoms with Gasteiger partial charge in [0.25, 0.3) is 0 Å². The lowest BCUT2D eigenvalue weighted by Crippen LogP contribution is -2.37. The second-order valence-electron chi connectivity index (χ2n) is 5.73. The van der Waals surface area contributed by atoms with Gasteiger partial charge in [0.15, 0.2) is 0 Å². The minimum absolute atomic E-state index is 0.0109. The third-order valence-electron chi connectivity index (χ3n) is 3.70. The molecule has 0 aliphatic rings. The first-order valence-corrected chi connectivity index (χ1v) is 7.86. The summed E-state index contributed by atoms with van der Waals surface area (Å²) in [5.41, 5.74) is 1.85. The monoisotopic (exact) mass is 327 g/mol. The SMILES string of the molecule is O=C(O)CCC(Cc1ccccc1)NC(=O)Cc1ccc(O)cc1. The van der Waals surface area contributed by atoms with Gasteiger partial charge in [-0.3, -0.25) is 9.59 Å². The first-order valence-electron chi connectivity index (χ1n) is 7.86. The maximum Gasteiger partial charge on any atom is 0.303 e. The van der Waals surface area contributed by atoms with Crippen LogP contribution in [0.2, 0.25) is 0 Å². The zero-order valence-corrected chi connectivity index (χ0v) is 13.3. The van der Waals surface area contributed by atoms with Crippen molar-refractivity contribution in [1.82, 2.24) is 5.32 Å². The molecule has 1 atom stereocenters. The molecule has 0 bridgehead atoms. The fourth-order valence-electron chi connectivity index (χ4n) is 2.50. The van der Waals surface area contributed by atoms with Gasteiger partial charge in [0, 0.05) is 12.5 Å². The van der Waals surface area contributed by atoms with Gasteiger partial charge in [0.2, 0.25) is 5.91 Å². The van der Waals surface area contributed by atoms with Gasteiger partial charge in [-0.15, -0.1) is 0 Å². The van der Waals surface area contributed by atoms with Gasteiger partial charge in [-0.25, -0.2) is 0 Å². The lowest BCUT2D eigenvalue weighted by atomic mass is 10.0. The van der Waals surface area contributed by atoms with E-state index in [1.165, 1.54) is 12.1 Å². The summed E-state index contributed by atoms with van der Waals surface area (Å²) in [7, 11) is 0. The quantitative estimate of drug-likeness (QED) is 0.695. The summed E-state index contributed by atoms with van der Waals surface area (Å²) in [5.74, 6) is -0.879. The van der Waals surface area contributed by atoms with Crippen molar-refractivity contribution in [1.29, 1.82) is 0 Å². The maximum atomic E-state index is 12.2. The van der Waals surface area contributed by atoms with Crippen LogP contribution in [0.1, 0.15) is 24.0 Å². The average Bonchev–Trinajstić information content (AvgIpc) is 2.55. The van der Waals surface area contributed by atoms with Gasteiger partial charge < -0.3 is 15.5 Å². The second kappa shape index (κ2) is 8.72. The number of carbonyl (C=O) groups excluding carboxylic acids is 1. The van der Waals surface area contributed by atoms with E-state index in [9.17, 15) is 14.7 Å². The van der Waals surface area contributed by atoms with Gasteiger partial charge in [-0.05, 0) is 36.1 Å². The van der Waals surface area contributed by atoms with E-state index in [0.29, 0.717) is 12.8 Å². The normalized spacial score (nSPS) is 11.7. The van der Waals surface area contributed by atoms with E-state index >= 15 is 0 Å². The van der Waals surface area contributed by atoms with Gasteiger partial charge in [-0.1, -0.05) is 42.5 Å². The van der Waals surface area contributed by atoms with Crippen molar-refractivity contribution in [2.24, 2.45) is 0 Å². The first kappa shape index (κ1) is 17.5. The van der Waals surface area contributed by atoms with Crippen LogP contribution in [-0.4, -0.2) is 28.1 Å². The number of phenolic OH excluding ortho intramolecular Hbond substituents is 1. The van der Waals surface area contributed by atoms with Crippen LogP contribution in [0.25, 0.3) is 0 Å². The molecule has 0 saturated carbocycles. The minimum atomic E-state index is -0.874. The highest BCUT2D eigenvalue weighted by molar-refractivity contribution is 5.79. The van der Waals surface area contributed by atoms with E-state index in [1.807, 2.05) is 30.3 Å². The number of aliphatic carboxylic acids is 1. The highest BCUT2D eigenvalue weighted by Gasteiger charge is 2.15. The number of phenols is 1. The van der Waals surface area contributed by atoms with Crippen LogP contribution in [0.3, 0.4) is 0 Å². The largest absolute Gasteiger partial charge is 0.508 e. The van der Waals surface area contributed by atoms with E-state index < -0.39 is 5.97 Å². The molecule has 2 aromatic rings. The van der Waals surface area contributed by atoms with E-state index in [-0.39, 0.29) is 30.5 Å². The van der Waals surface area contributed by atoms with E-state index in [0.717, 1.165) is 11.1 Å². The number of benzene rings is 2. The number of aromatic hydroxyl groups is 1. The predicted molar refractivity (Wildman–Crippen MR) is 90.8 cm³/mol. The van der Waals surface area contributed by atoms with Crippen LogP contribution >= 0.6 is 0 Å². The molecule has 2 aromatic carbocycles. The molecule has 0 aliphatic carbocycles. The Balaban J connectivity index is 1.96. The summed E-state index contributed by atoms with van der Waals surface area (Å²) in [6.07, 6.45) is 1.18. The van der Waals surface area contributed by atoms with Crippen molar-refractivity contribution in [3.8, 4) is 5.75 Å². The number of amides is 1. The summed E-state index contributed by atoms with van der Waals surface area (Å²) in [4.78, 5) is 23.1. The highest BCUT2D eigenvalue weighted by Crippen LogP contribution is 2.11. The molecule has 0 fully saturated rings. The average molecular weight is 327 g/mol. The Labute approximate surface area is 141 Å². The maximum absolute atomic E-state index is 12.2. The molecule has 126 valence electrons. The van der Waals surface area contributed by atoms with Crippen molar-refractivity contribution in [3.05, 3.63) is 65.7 Å². The van der Waals surface area contributed by atoms with E-state index in [4.69, 9.17) is 5.11 Å². The van der Waals surface area contributed by atoms with E-state index in [2.05, 4.69) is 5.32 Å². The topological polar surface area (TPSA) is 86.6 Å². The third-order valence-corrected chi connectivity index (χ3v) is 3.70. The molecule has 5 heteroatoms. The van der Waals surface area contributed by atoms with Crippen molar-refractivity contribution in [3.63, 3.8) is 0 Å². The Morgan fingerprint density at radius 2 is 1.62 bits per heavy atom. The van der Waals surface area contributed by atoms with Gasteiger partial charge >= 0.3 is 5.97 Å². The lowest BCUT2D eigenvalue weighted by molar-refractivity contribution is -0.137. The van der Waals surface area contributed by atoms with Gasteiger partial charge in [0.1, 0.15) is 5.75 Å². The standard InChI is InChI=1S/C19H21NO4/c21-17-9-6-15(7-10-17)13-18(22)20-16(8-11-19(23)24)12-14-4-2-1-3-5-14/h1-7,9-10,16,21H,8,11-13H2,(H,20,22)(H,23,24). The van der Waals surface area contributed by atoms with Crippen molar-refractivity contribution in [2.75, 3.05) is 0 Å². The van der Waals surface area contributed by atoms with Crippen LogP contribution in [0.15, 0.2) is 54.6 Å². The summed E-state index contributed by atoms with van der Waals surface area (Å²) in [6.45, 7) is 0. The molecular formula is C19H21NO4. The van der Waals surface area contributed by atoms with Crippen molar-refractivity contribution in [2.45, 2.75) is 31.7 Å². The number of hydrogen-bond acceptors (Lipinski definition) is 3. The van der Waals surface area contributed by atoms with Crippen molar-refractivity contribution < 1.29 is 19.8 Å². The number of rotatable bonds is 8. The predicted octanol–water partition coefficient (Wildman–Crippen LogP) is 2.53. The Bertz CT molecular complexity index is 668. The molecular weight excluding hydrogens is 306 g/mol. The zero-order chi connectivity index (χ0) is 17.4. The molecule has 0 aliphatic heterocycles. The van der Waals surface area contributed by atoms with Gasteiger partial charge in [0.05, 0.1) is 6.42 Å². The molecule has 0 heterocycles. The molecule has 0 spiro atoms. The lowest BCUT2D eigenvalue weighted by Gasteiger charge is -2.18. The summed E-state index contributed by atoms with van der Waals surface area (Å²) >= 11 is 0. The summed E-state index contributed by atoms with van der Waals surface area (Å²) in [6, 6.07) is 15.9. The summed E-state index contributed by atoms with van der Waals surface area (Å²) in [5, 5.41) is 21.1. The Hall–Kier alpha value is -2.82. The molecule has 0 radical (unpaired) electrons. The Morgan fingerprint density at radius 1 is 0.958 bits per heavy atom. The third kappa shape index (κ3) is 6.12. The second-order valence-corrected chi connectivity index (χ2v) is 5.73. The van der Waals surface area contributed by atoms with Crippen LogP contribution in [0.4, 0.5) is 0 Å². The molecule has 1 amide bonds. The minimum Gasteiger partial charge on any atom is -0.508 e. The number of carboxylic acids is 1. The number of hydrogen-bond donors (Lipinski definition) is 3. The number of carbonyl (C=O) groups is 2. The molecule has 2 rings (SSSR count). The van der Waals surface area contributed by atoms with Crippen LogP contribution in [0, 0.1) is 0 Å². The zero-order valence-electron chi connectivity index (χ0n) is 13.3.